The molecule has 0 radical (unpaired) electrons. The molecule has 1 unspecified atom stereocenters. The average Bonchev–Trinajstić information content (AvgIpc) is 2.55. The molecule has 0 saturated heterocycles. The van der Waals surface area contributed by atoms with Gasteiger partial charge in [-0.15, -0.1) is 0 Å². The molecule has 1 aliphatic rings. The van der Waals surface area contributed by atoms with Crippen molar-refractivity contribution in [2.45, 2.75) is 35.4 Å². The third-order valence-corrected chi connectivity index (χ3v) is 4.42. The van der Waals surface area contributed by atoms with Crippen molar-refractivity contribution < 1.29 is 0 Å². The third kappa shape index (κ3) is 2.38. The van der Waals surface area contributed by atoms with E-state index in [2.05, 4.69) is 81.9 Å². The molecule has 2 heterocycles. The molecular formula is C12H16I2N2. The van der Waals surface area contributed by atoms with Gasteiger partial charge >= 0.3 is 0 Å². The van der Waals surface area contributed by atoms with Crippen molar-refractivity contribution in [3.8, 4) is 0 Å². The van der Waals surface area contributed by atoms with Gasteiger partial charge in [0.25, 0.3) is 0 Å². The van der Waals surface area contributed by atoms with Crippen molar-refractivity contribution >= 4 is 45.2 Å². The maximum absolute atomic E-state index is 4.24. The molecule has 16 heavy (non-hydrogen) atoms. The van der Waals surface area contributed by atoms with Crippen molar-refractivity contribution in [2.24, 2.45) is 5.41 Å². The van der Waals surface area contributed by atoms with Gasteiger partial charge in [-0.1, -0.05) is 66.0 Å². The molecule has 0 aliphatic carbocycles. The Morgan fingerprint density at radius 1 is 1.44 bits per heavy atom. The second-order valence-corrected chi connectivity index (χ2v) is 10.0. The van der Waals surface area contributed by atoms with Crippen LogP contribution in [-0.2, 0) is 6.54 Å². The molecule has 0 saturated carbocycles. The van der Waals surface area contributed by atoms with Crippen molar-refractivity contribution in [3.05, 3.63) is 29.6 Å². The van der Waals surface area contributed by atoms with E-state index >= 15 is 0 Å². The van der Waals surface area contributed by atoms with Crippen LogP contribution in [-0.4, -0.2) is 11.9 Å². The minimum atomic E-state index is 0.265. The molecule has 0 spiro atoms. The lowest BCUT2D eigenvalue weighted by Gasteiger charge is -2.36. The summed E-state index contributed by atoms with van der Waals surface area (Å²) in [7, 11) is 0. The molecule has 1 aromatic rings. The first kappa shape index (κ1) is 13.0. The van der Waals surface area contributed by atoms with Crippen LogP contribution in [0.1, 0.15) is 37.9 Å². The van der Waals surface area contributed by atoms with E-state index in [0.29, 0.717) is 8.10 Å². The molecule has 1 aliphatic heterocycles. The van der Waals surface area contributed by atoms with Gasteiger partial charge in [0, 0.05) is 25.0 Å². The van der Waals surface area contributed by atoms with E-state index in [9.17, 15) is 0 Å². The van der Waals surface area contributed by atoms with E-state index < -0.39 is 0 Å². The maximum atomic E-state index is 4.24. The first-order chi connectivity index (χ1) is 7.41. The lowest BCUT2D eigenvalue weighted by Crippen LogP contribution is -2.33. The first-order valence-corrected chi connectivity index (χ1v) is 7.87. The molecule has 2 nitrogen and oxygen atoms in total. The van der Waals surface area contributed by atoms with E-state index in [1.165, 1.54) is 11.1 Å². The Labute approximate surface area is 124 Å². The van der Waals surface area contributed by atoms with Gasteiger partial charge in [0.05, 0.1) is 0 Å². The molecule has 0 bridgehead atoms. The molecule has 2 rings (SSSR count). The third-order valence-electron chi connectivity index (χ3n) is 2.99. The van der Waals surface area contributed by atoms with E-state index in [1.807, 2.05) is 12.4 Å². The number of nitrogens with zero attached hydrogens (tertiary/aromatic N) is 2. The molecule has 0 fully saturated rings. The second kappa shape index (κ2) is 4.68. The monoisotopic (exact) mass is 442 g/mol. The zero-order chi connectivity index (χ0) is 11.9. The Bertz CT molecular complexity index is 385. The van der Waals surface area contributed by atoms with Crippen LogP contribution < -0.4 is 0 Å². The Kier molecular flexibility index (Phi) is 3.81. The van der Waals surface area contributed by atoms with Crippen LogP contribution in [0.15, 0.2) is 18.5 Å². The minimum Gasteiger partial charge on any atom is -0.271 e. The summed E-state index contributed by atoms with van der Waals surface area (Å²) < 4.78 is 0.520. The Morgan fingerprint density at radius 2 is 2.12 bits per heavy atom. The molecule has 88 valence electrons. The average molecular weight is 442 g/mol. The highest BCUT2D eigenvalue weighted by atomic mass is 127. The number of pyridine rings is 1. The fourth-order valence-electron chi connectivity index (χ4n) is 2.45. The largest absolute Gasteiger partial charge is 0.271 e. The lowest BCUT2D eigenvalue weighted by atomic mass is 9.83. The predicted molar refractivity (Wildman–Crippen MR) is 83.8 cm³/mol. The Balaban J connectivity index is 2.44. The zero-order valence-corrected chi connectivity index (χ0v) is 14.1. The lowest BCUT2D eigenvalue weighted by molar-refractivity contribution is 0.134. The van der Waals surface area contributed by atoms with Crippen LogP contribution in [0.25, 0.3) is 0 Å². The van der Waals surface area contributed by atoms with Gasteiger partial charge in [0.15, 0.2) is 0 Å². The smallest absolute Gasteiger partial charge is 0.115 e. The van der Waals surface area contributed by atoms with Gasteiger partial charge in [-0.2, -0.15) is 0 Å². The second-order valence-electron chi connectivity index (χ2n) is 5.29. The SMILES string of the molecule is CC(C)(C)C1c2ccncc2CN1C(I)I. The van der Waals surface area contributed by atoms with E-state index in [4.69, 9.17) is 0 Å². The Morgan fingerprint density at radius 3 is 2.69 bits per heavy atom. The van der Waals surface area contributed by atoms with Crippen molar-refractivity contribution in [1.29, 1.82) is 0 Å². The molecule has 0 aromatic carbocycles. The van der Waals surface area contributed by atoms with Crippen LogP contribution in [0.4, 0.5) is 0 Å². The topological polar surface area (TPSA) is 16.1 Å². The fourth-order valence-corrected chi connectivity index (χ4v) is 3.49. The number of halogens is 2. The van der Waals surface area contributed by atoms with Gasteiger partial charge in [0.2, 0.25) is 0 Å². The number of aromatic nitrogens is 1. The molecule has 4 heteroatoms. The summed E-state index contributed by atoms with van der Waals surface area (Å²) in [4.78, 5) is 6.78. The standard InChI is InChI=1S/C12H16I2N2/c1-12(2,3)10-9-4-5-15-6-8(9)7-16(10)11(13)14/h4-6,10-11H,7H2,1-3H3. The molecule has 1 aromatic heterocycles. The van der Waals surface area contributed by atoms with E-state index in [1.54, 1.807) is 0 Å². The number of fused-ring (bicyclic) bond motifs is 1. The van der Waals surface area contributed by atoms with Crippen LogP contribution >= 0.6 is 45.2 Å². The highest BCUT2D eigenvalue weighted by molar-refractivity contribution is 14.2. The van der Waals surface area contributed by atoms with Gasteiger partial charge in [0.1, 0.15) is 2.06 Å². The zero-order valence-electron chi connectivity index (χ0n) is 9.74. The van der Waals surface area contributed by atoms with Crippen LogP contribution in [0.2, 0.25) is 0 Å². The van der Waals surface area contributed by atoms with Gasteiger partial charge in [-0.3, -0.25) is 9.88 Å². The predicted octanol–water partition coefficient (Wildman–Crippen LogP) is 4.14. The van der Waals surface area contributed by atoms with E-state index in [-0.39, 0.29) is 5.41 Å². The molecule has 0 amide bonds. The number of hydrogen-bond acceptors (Lipinski definition) is 2. The molecule has 0 N–H and O–H groups in total. The van der Waals surface area contributed by atoms with Crippen molar-refractivity contribution in [3.63, 3.8) is 0 Å². The fraction of sp³-hybridized carbons (Fsp3) is 0.583. The summed E-state index contributed by atoms with van der Waals surface area (Å²) in [5, 5.41) is 0. The minimum absolute atomic E-state index is 0.265. The highest BCUT2D eigenvalue weighted by Crippen LogP contribution is 2.47. The van der Waals surface area contributed by atoms with Crippen LogP contribution in [0.3, 0.4) is 0 Å². The number of alkyl halides is 2. The Hall–Kier alpha value is 0.570. The van der Waals surface area contributed by atoms with E-state index in [0.717, 1.165) is 6.54 Å². The van der Waals surface area contributed by atoms with Crippen molar-refractivity contribution in [1.82, 2.24) is 9.88 Å². The van der Waals surface area contributed by atoms with Gasteiger partial charge in [-0.05, 0) is 22.6 Å². The van der Waals surface area contributed by atoms with Crippen LogP contribution in [0.5, 0.6) is 0 Å². The molecule has 1 atom stereocenters. The maximum Gasteiger partial charge on any atom is 0.115 e. The first-order valence-electron chi connectivity index (χ1n) is 5.38. The summed E-state index contributed by atoms with van der Waals surface area (Å²) in [5.41, 5.74) is 3.11. The van der Waals surface area contributed by atoms with Crippen LogP contribution in [0, 0.1) is 5.41 Å². The summed E-state index contributed by atoms with van der Waals surface area (Å²) >= 11 is 4.98. The summed E-state index contributed by atoms with van der Waals surface area (Å²) in [6.45, 7) is 7.98. The van der Waals surface area contributed by atoms with Gasteiger partial charge < -0.3 is 0 Å². The van der Waals surface area contributed by atoms with Gasteiger partial charge in [-0.25, -0.2) is 0 Å². The molecular weight excluding hydrogens is 426 g/mol. The highest BCUT2D eigenvalue weighted by Gasteiger charge is 2.40. The quantitative estimate of drug-likeness (QED) is 0.370. The summed E-state index contributed by atoms with van der Waals surface area (Å²) in [6.07, 6.45) is 3.93. The van der Waals surface area contributed by atoms with Crippen molar-refractivity contribution in [2.75, 3.05) is 0 Å². The summed E-state index contributed by atoms with van der Waals surface area (Å²) in [6, 6.07) is 2.69. The normalized spacial score (nSPS) is 21.5. The number of rotatable bonds is 1. The summed E-state index contributed by atoms with van der Waals surface area (Å²) in [5.74, 6) is 0. The number of hydrogen-bond donors (Lipinski definition) is 0.